The Morgan fingerprint density at radius 2 is 1.21 bits per heavy atom. The summed E-state index contributed by atoms with van der Waals surface area (Å²) >= 11 is 0. The molecule has 0 N–H and O–H groups in total. The monoisotopic (exact) mass is 366 g/mol. The van der Waals surface area contributed by atoms with Crippen LogP contribution in [0, 0.1) is 0 Å². The molecular formula is C20H28Cl2N2. The summed E-state index contributed by atoms with van der Waals surface area (Å²) in [5.41, 5.74) is 2.57. The van der Waals surface area contributed by atoms with Crippen molar-refractivity contribution < 1.29 is 0 Å². The van der Waals surface area contributed by atoms with Crippen molar-refractivity contribution in [3.8, 4) is 0 Å². The number of nitrogens with zero attached hydrogens (tertiary/aromatic N) is 2. The van der Waals surface area contributed by atoms with Gasteiger partial charge in [0, 0.05) is 17.9 Å². The Balaban J connectivity index is 0.00000144. The van der Waals surface area contributed by atoms with E-state index in [2.05, 4.69) is 70.5 Å². The first-order chi connectivity index (χ1) is 10.9. The second-order valence-electron chi connectivity index (χ2n) is 6.08. The lowest BCUT2D eigenvalue weighted by molar-refractivity contribution is 0.227. The summed E-state index contributed by atoms with van der Waals surface area (Å²) in [6, 6.07) is 21.5. The van der Waals surface area contributed by atoms with Crippen molar-refractivity contribution in [3.05, 3.63) is 60.7 Å². The molecule has 0 aromatic heterocycles. The van der Waals surface area contributed by atoms with Gasteiger partial charge < -0.3 is 9.80 Å². The molecular weight excluding hydrogens is 339 g/mol. The molecule has 0 atom stereocenters. The first-order valence-electron chi connectivity index (χ1n) is 8.53. The summed E-state index contributed by atoms with van der Waals surface area (Å²) in [5, 5.41) is 0. The molecule has 3 rings (SSSR count). The summed E-state index contributed by atoms with van der Waals surface area (Å²) in [6.45, 7) is 4.87. The van der Waals surface area contributed by atoms with E-state index in [1.165, 1.54) is 56.7 Å². The van der Waals surface area contributed by atoms with Crippen LogP contribution in [0.15, 0.2) is 60.7 Å². The van der Waals surface area contributed by atoms with Gasteiger partial charge in [-0.3, -0.25) is 0 Å². The number of benzene rings is 2. The Morgan fingerprint density at radius 3 is 1.71 bits per heavy atom. The van der Waals surface area contributed by atoms with Crippen LogP contribution in [-0.4, -0.2) is 31.1 Å². The molecule has 0 unspecified atom stereocenters. The van der Waals surface area contributed by atoms with E-state index in [1.54, 1.807) is 0 Å². The standard InChI is InChI=1S/C20H26N2.2ClH/c1-4-11-19(12-5-1)22(20-13-6-2-7-14-20)18-10-17-21-15-8-3-9-16-21;;/h1-2,4-7,11-14H,3,8-10,15-18H2;2*1H. The third kappa shape index (κ3) is 6.01. The van der Waals surface area contributed by atoms with Gasteiger partial charge in [0.15, 0.2) is 0 Å². The number of piperidine rings is 1. The molecule has 2 aromatic carbocycles. The number of anilines is 2. The minimum absolute atomic E-state index is 0. The quantitative estimate of drug-likeness (QED) is 0.661. The lowest BCUT2D eigenvalue weighted by atomic mass is 10.1. The maximum atomic E-state index is 2.62. The summed E-state index contributed by atoms with van der Waals surface area (Å²) < 4.78 is 0. The molecule has 0 aliphatic carbocycles. The predicted molar refractivity (Wildman–Crippen MR) is 109 cm³/mol. The Bertz CT molecular complexity index is 503. The predicted octanol–water partition coefficient (Wildman–Crippen LogP) is 5.54. The molecule has 2 nitrogen and oxygen atoms in total. The highest BCUT2D eigenvalue weighted by molar-refractivity contribution is 5.85. The van der Waals surface area contributed by atoms with E-state index >= 15 is 0 Å². The van der Waals surface area contributed by atoms with E-state index in [1.807, 2.05) is 0 Å². The fourth-order valence-corrected chi connectivity index (χ4v) is 3.26. The van der Waals surface area contributed by atoms with Crippen LogP contribution in [0.1, 0.15) is 25.7 Å². The summed E-state index contributed by atoms with van der Waals surface area (Å²) in [6.07, 6.45) is 5.38. The van der Waals surface area contributed by atoms with Crippen molar-refractivity contribution in [3.63, 3.8) is 0 Å². The van der Waals surface area contributed by atoms with Gasteiger partial charge in [-0.15, -0.1) is 24.8 Å². The fourth-order valence-electron chi connectivity index (χ4n) is 3.26. The molecule has 1 fully saturated rings. The minimum atomic E-state index is 0. The molecule has 0 saturated carbocycles. The van der Waals surface area contributed by atoms with Gasteiger partial charge in [0.2, 0.25) is 0 Å². The van der Waals surface area contributed by atoms with E-state index in [-0.39, 0.29) is 24.8 Å². The van der Waals surface area contributed by atoms with Gasteiger partial charge in [-0.2, -0.15) is 0 Å². The second-order valence-corrected chi connectivity index (χ2v) is 6.08. The molecule has 0 radical (unpaired) electrons. The van der Waals surface area contributed by atoms with Gasteiger partial charge in [-0.1, -0.05) is 42.8 Å². The topological polar surface area (TPSA) is 6.48 Å². The summed E-state index contributed by atoms with van der Waals surface area (Å²) in [5.74, 6) is 0. The first-order valence-corrected chi connectivity index (χ1v) is 8.53. The maximum Gasteiger partial charge on any atom is 0.0410 e. The average Bonchev–Trinajstić information content (AvgIpc) is 2.61. The van der Waals surface area contributed by atoms with E-state index in [0.717, 1.165) is 6.54 Å². The Hall–Kier alpha value is -1.22. The summed E-state index contributed by atoms with van der Waals surface area (Å²) in [7, 11) is 0. The third-order valence-electron chi connectivity index (χ3n) is 4.44. The average molecular weight is 367 g/mol. The zero-order valence-electron chi connectivity index (χ0n) is 14.1. The van der Waals surface area contributed by atoms with Gasteiger partial charge in [0.25, 0.3) is 0 Å². The molecule has 1 saturated heterocycles. The van der Waals surface area contributed by atoms with E-state index in [4.69, 9.17) is 0 Å². The normalized spacial score (nSPS) is 14.3. The fraction of sp³-hybridized carbons (Fsp3) is 0.400. The number of hydrogen-bond acceptors (Lipinski definition) is 2. The van der Waals surface area contributed by atoms with Crippen LogP contribution < -0.4 is 4.90 Å². The van der Waals surface area contributed by atoms with Crippen LogP contribution >= 0.6 is 24.8 Å². The van der Waals surface area contributed by atoms with Crippen molar-refractivity contribution >= 4 is 36.2 Å². The number of para-hydroxylation sites is 2. The zero-order chi connectivity index (χ0) is 15.0. The highest BCUT2D eigenvalue weighted by atomic mass is 35.5. The van der Waals surface area contributed by atoms with Crippen molar-refractivity contribution in [2.45, 2.75) is 25.7 Å². The number of hydrogen-bond donors (Lipinski definition) is 0. The molecule has 1 aliphatic rings. The SMILES string of the molecule is Cl.Cl.c1ccc(N(CCCN2CCCCC2)c2ccccc2)cc1. The van der Waals surface area contributed by atoms with Gasteiger partial charge in [-0.05, 0) is 63.2 Å². The molecule has 0 bridgehead atoms. The molecule has 1 aliphatic heterocycles. The molecule has 4 heteroatoms. The molecule has 1 heterocycles. The van der Waals surface area contributed by atoms with E-state index in [0.29, 0.717) is 0 Å². The van der Waals surface area contributed by atoms with E-state index in [9.17, 15) is 0 Å². The van der Waals surface area contributed by atoms with Crippen molar-refractivity contribution in [2.75, 3.05) is 31.1 Å². The van der Waals surface area contributed by atoms with Crippen LogP contribution in [0.25, 0.3) is 0 Å². The number of halogens is 2. The van der Waals surface area contributed by atoms with Crippen molar-refractivity contribution in [2.24, 2.45) is 0 Å². The van der Waals surface area contributed by atoms with Crippen molar-refractivity contribution in [1.29, 1.82) is 0 Å². The molecule has 24 heavy (non-hydrogen) atoms. The first kappa shape index (κ1) is 20.8. The highest BCUT2D eigenvalue weighted by Crippen LogP contribution is 2.25. The highest BCUT2D eigenvalue weighted by Gasteiger charge is 2.12. The van der Waals surface area contributed by atoms with Gasteiger partial charge in [0.05, 0.1) is 0 Å². The second kappa shape index (κ2) is 11.4. The largest absolute Gasteiger partial charge is 0.341 e. The Morgan fingerprint density at radius 1 is 0.708 bits per heavy atom. The summed E-state index contributed by atoms with van der Waals surface area (Å²) in [4.78, 5) is 5.06. The Kier molecular flexibility index (Phi) is 9.85. The van der Waals surface area contributed by atoms with Crippen molar-refractivity contribution in [1.82, 2.24) is 4.90 Å². The zero-order valence-corrected chi connectivity index (χ0v) is 15.8. The van der Waals surface area contributed by atoms with Gasteiger partial charge in [0.1, 0.15) is 0 Å². The molecule has 0 amide bonds. The lowest BCUT2D eigenvalue weighted by Gasteiger charge is -2.29. The molecule has 0 spiro atoms. The van der Waals surface area contributed by atoms with Crippen LogP contribution in [0.4, 0.5) is 11.4 Å². The molecule has 132 valence electrons. The van der Waals surface area contributed by atoms with Gasteiger partial charge >= 0.3 is 0 Å². The van der Waals surface area contributed by atoms with Crippen LogP contribution in [-0.2, 0) is 0 Å². The smallest absolute Gasteiger partial charge is 0.0410 e. The van der Waals surface area contributed by atoms with Crippen LogP contribution in [0.3, 0.4) is 0 Å². The Labute approximate surface area is 158 Å². The van der Waals surface area contributed by atoms with Gasteiger partial charge in [-0.25, -0.2) is 0 Å². The maximum absolute atomic E-state index is 2.62. The number of rotatable bonds is 6. The minimum Gasteiger partial charge on any atom is -0.341 e. The lowest BCUT2D eigenvalue weighted by Crippen LogP contribution is -2.32. The third-order valence-corrected chi connectivity index (χ3v) is 4.44. The molecule has 2 aromatic rings. The van der Waals surface area contributed by atoms with E-state index < -0.39 is 0 Å². The number of likely N-dealkylation sites (tertiary alicyclic amines) is 1. The van der Waals surface area contributed by atoms with Crippen LogP contribution in [0.2, 0.25) is 0 Å². The van der Waals surface area contributed by atoms with Crippen LogP contribution in [0.5, 0.6) is 0 Å².